The average molecular weight is 279 g/mol. The Balaban J connectivity index is 1.87. The smallest absolute Gasteiger partial charge is 0.223 e. The highest BCUT2D eigenvalue weighted by molar-refractivity contribution is 5.76. The van der Waals surface area contributed by atoms with Crippen LogP contribution in [0.1, 0.15) is 12.0 Å². The molecule has 110 valence electrons. The lowest BCUT2D eigenvalue weighted by molar-refractivity contribution is -0.132. The van der Waals surface area contributed by atoms with Crippen LogP contribution < -0.4 is 4.74 Å². The van der Waals surface area contributed by atoms with Gasteiger partial charge < -0.3 is 19.5 Å². The van der Waals surface area contributed by atoms with E-state index in [0.29, 0.717) is 39.1 Å². The molecule has 20 heavy (non-hydrogen) atoms. The van der Waals surface area contributed by atoms with Gasteiger partial charge in [0.05, 0.1) is 26.4 Å². The van der Waals surface area contributed by atoms with Crippen LogP contribution in [0.4, 0.5) is 0 Å². The van der Waals surface area contributed by atoms with Crippen molar-refractivity contribution in [2.24, 2.45) is 0 Å². The van der Waals surface area contributed by atoms with Crippen LogP contribution in [0.2, 0.25) is 0 Å². The molecular weight excluding hydrogens is 258 g/mol. The normalized spacial score (nSPS) is 19.5. The number of nitrogens with zero attached hydrogens (tertiary/aromatic N) is 1. The van der Waals surface area contributed by atoms with Crippen molar-refractivity contribution in [3.05, 3.63) is 29.8 Å². The Morgan fingerprint density at radius 3 is 3.20 bits per heavy atom. The molecule has 0 bridgehead atoms. The van der Waals surface area contributed by atoms with Gasteiger partial charge in [-0.05, 0) is 24.1 Å². The molecule has 1 amide bonds. The minimum Gasteiger partial charge on any atom is -0.497 e. The zero-order valence-electron chi connectivity index (χ0n) is 11.7. The van der Waals surface area contributed by atoms with Gasteiger partial charge in [0.2, 0.25) is 5.91 Å². The van der Waals surface area contributed by atoms with Crippen LogP contribution in [0.5, 0.6) is 5.75 Å². The van der Waals surface area contributed by atoms with Crippen LogP contribution in [0.3, 0.4) is 0 Å². The number of β-amino-alcohol motifs (C(OH)–C–C–N with tert-alkyl or cyclic N) is 1. The topological polar surface area (TPSA) is 59.0 Å². The van der Waals surface area contributed by atoms with E-state index in [9.17, 15) is 9.90 Å². The highest BCUT2D eigenvalue weighted by atomic mass is 16.5. The predicted octanol–water partition coefficient (Wildman–Crippen LogP) is 0.847. The summed E-state index contributed by atoms with van der Waals surface area (Å²) >= 11 is 0. The highest BCUT2D eigenvalue weighted by Gasteiger charge is 2.20. The fraction of sp³-hybridized carbons (Fsp3) is 0.533. The Morgan fingerprint density at radius 2 is 2.40 bits per heavy atom. The van der Waals surface area contributed by atoms with Crippen LogP contribution in [0.15, 0.2) is 24.3 Å². The molecule has 0 spiro atoms. The van der Waals surface area contributed by atoms with Crippen molar-refractivity contribution in [3.8, 4) is 5.75 Å². The SMILES string of the molecule is COc1cccc(CCC(=O)N2CCOC[C@H](O)C2)c1. The monoisotopic (exact) mass is 279 g/mol. The van der Waals surface area contributed by atoms with Crippen LogP contribution in [0, 0.1) is 0 Å². The van der Waals surface area contributed by atoms with Gasteiger partial charge in [0.15, 0.2) is 0 Å². The maximum Gasteiger partial charge on any atom is 0.223 e. The summed E-state index contributed by atoms with van der Waals surface area (Å²) in [5, 5.41) is 9.63. The van der Waals surface area contributed by atoms with E-state index in [-0.39, 0.29) is 5.91 Å². The van der Waals surface area contributed by atoms with E-state index in [1.807, 2.05) is 24.3 Å². The fourth-order valence-electron chi connectivity index (χ4n) is 2.26. The summed E-state index contributed by atoms with van der Waals surface area (Å²) in [5.41, 5.74) is 1.07. The number of rotatable bonds is 4. The van der Waals surface area contributed by atoms with Gasteiger partial charge in [-0.25, -0.2) is 0 Å². The first-order chi connectivity index (χ1) is 9.69. The maximum absolute atomic E-state index is 12.2. The molecular formula is C15H21NO4. The van der Waals surface area contributed by atoms with Gasteiger partial charge in [0.1, 0.15) is 5.75 Å². The number of aliphatic hydroxyl groups is 1. The maximum atomic E-state index is 12.2. The summed E-state index contributed by atoms with van der Waals surface area (Å²) < 4.78 is 10.4. The first-order valence-electron chi connectivity index (χ1n) is 6.85. The number of hydrogen-bond acceptors (Lipinski definition) is 4. The molecule has 1 aromatic carbocycles. The number of aryl methyl sites for hydroxylation is 1. The average Bonchev–Trinajstić information content (AvgIpc) is 2.69. The molecule has 5 heteroatoms. The second kappa shape index (κ2) is 7.26. The number of aliphatic hydroxyl groups excluding tert-OH is 1. The third kappa shape index (κ3) is 4.21. The van der Waals surface area contributed by atoms with Gasteiger partial charge in [-0.2, -0.15) is 0 Å². The predicted molar refractivity (Wildman–Crippen MR) is 74.7 cm³/mol. The van der Waals surface area contributed by atoms with Crippen molar-refractivity contribution >= 4 is 5.91 Å². The van der Waals surface area contributed by atoms with E-state index in [1.54, 1.807) is 12.0 Å². The molecule has 2 rings (SSSR count). The lowest BCUT2D eigenvalue weighted by Gasteiger charge is -2.21. The minimum absolute atomic E-state index is 0.0531. The largest absolute Gasteiger partial charge is 0.497 e. The van der Waals surface area contributed by atoms with E-state index in [0.717, 1.165) is 11.3 Å². The molecule has 1 fully saturated rings. The van der Waals surface area contributed by atoms with Gasteiger partial charge in [-0.15, -0.1) is 0 Å². The Hall–Kier alpha value is -1.59. The Kier molecular flexibility index (Phi) is 5.38. The number of ether oxygens (including phenoxy) is 2. The number of hydrogen-bond donors (Lipinski definition) is 1. The zero-order chi connectivity index (χ0) is 14.4. The van der Waals surface area contributed by atoms with Crippen molar-refractivity contribution < 1.29 is 19.4 Å². The van der Waals surface area contributed by atoms with E-state index < -0.39 is 6.10 Å². The summed E-state index contributed by atoms with van der Waals surface area (Å²) in [7, 11) is 1.63. The van der Waals surface area contributed by atoms with Crippen molar-refractivity contribution in [3.63, 3.8) is 0 Å². The molecule has 1 heterocycles. The molecule has 1 saturated heterocycles. The van der Waals surface area contributed by atoms with Crippen LogP contribution in [-0.2, 0) is 16.0 Å². The third-order valence-corrected chi connectivity index (χ3v) is 3.36. The second-order valence-corrected chi connectivity index (χ2v) is 4.92. The first kappa shape index (κ1) is 14.8. The number of amides is 1. The molecule has 0 aliphatic carbocycles. The molecule has 5 nitrogen and oxygen atoms in total. The van der Waals surface area contributed by atoms with Crippen molar-refractivity contribution in [1.82, 2.24) is 4.90 Å². The fourth-order valence-corrected chi connectivity index (χ4v) is 2.26. The van der Waals surface area contributed by atoms with Crippen molar-refractivity contribution in [2.75, 3.05) is 33.4 Å². The molecule has 1 N–H and O–H groups in total. The third-order valence-electron chi connectivity index (χ3n) is 3.36. The lowest BCUT2D eigenvalue weighted by atomic mass is 10.1. The van der Waals surface area contributed by atoms with Gasteiger partial charge in [0, 0.05) is 19.5 Å². The van der Waals surface area contributed by atoms with Gasteiger partial charge in [0.25, 0.3) is 0 Å². The molecule has 0 radical (unpaired) electrons. The molecule has 1 aliphatic rings. The number of carbonyl (C=O) groups is 1. The van der Waals surface area contributed by atoms with Gasteiger partial charge in [-0.1, -0.05) is 12.1 Å². The van der Waals surface area contributed by atoms with E-state index >= 15 is 0 Å². The second-order valence-electron chi connectivity index (χ2n) is 4.92. The molecule has 1 aromatic rings. The van der Waals surface area contributed by atoms with Crippen LogP contribution >= 0.6 is 0 Å². The standard InChI is InChI=1S/C15H21NO4/c1-19-14-4-2-3-12(9-14)5-6-15(18)16-7-8-20-11-13(17)10-16/h2-4,9,13,17H,5-8,10-11H2,1H3/t13-/m1/s1. The molecule has 0 saturated carbocycles. The summed E-state index contributed by atoms with van der Waals surface area (Å²) in [6.45, 7) is 1.70. The van der Waals surface area contributed by atoms with Gasteiger partial charge in [-0.3, -0.25) is 4.79 Å². The van der Waals surface area contributed by atoms with Gasteiger partial charge >= 0.3 is 0 Å². The Bertz CT molecular complexity index is 449. The summed E-state index contributed by atoms with van der Waals surface area (Å²) in [5.74, 6) is 0.853. The molecule has 0 aromatic heterocycles. The summed E-state index contributed by atoms with van der Waals surface area (Å²) in [4.78, 5) is 13.8. The van der Waals surface area contributed by atoms with E-state index in [4.69, 9.17) is 9.47 Å². The molecule has 1 atom stereocenters. The number of carbonyl (C=O) groups excluding carboxylic acids is 1. The molecule has 0 unspecified atom stereocenters. The van der Waals surface area contributed by atoms with Crippen LogP contribution in [0.25, 0.3) is 0 Å². The molecule has 1 aliphatic heterocycles. The lowest BCUT2D eigenvalue weighted by Crippen LogP contribution is -2.37. The number of benzene rings is 1. The zero-order valence-corrected chi connectivity index (χ0v) is 11.7. The number of methoxy groups -OCH3 is 1. The quantitative estimate of drug-likeness (QED) is 0.887. The van der Waals surface area contributed by atoms with E-state index in [2.05, 4.69) is 0 Å². The summed E-state index contributed by atoms with van der Waals surface area (Å²) in [6, 6.07) is 7.72. The summed E-state index contributed by atoms with van der Waals surface area (Å²) in [6.07, 6.45) is 0.516. The Labute approximate surface area is 119 Å². The Morgan fingerprint density at radius 1 is 1.55 bits per heavy atom. The minimum atomic E-state index is -0.585. The first-order valence-corrected chi connectivity index (χ1v) is 6.85. The van der Waals surface area contributed by atoms with Crippen molar-refractivity contribution in [2.45, 2.75) is 18.9 Å². The highest BCUT2D eigenvalue weighted by Crippen LogP contribution is 2.14. The van der Waals surface area contributed by atoms with E-state index in [1.165, 1.54) is 0 Å². The van der Waals surface area contributed by atoms with Crippen molar-refractivity contribution in [1.29, 1.82) is 0 Å². The van der Waals surface area contributed by atoms with Crippen LogP contribution in [-0.4, -0.2) is 55.4 Å².